The first-order valence-corrected chi connectivity index (χ1v) is 12.2. The highest BCUT2D eigenvalue weighted by Crippen LogP contribution is 2.22. The van der Waals surface area contributed by atoms with E-state index in [-0.39, 0.29) is 0 Å². The molecule has 3 rings (SSSR count). The zero-order valence-corrected chi connectivity index (χ0v) is 20.2. The Bertz CT molecular complexity index is 834. The van der Waals surface area contributed by atoms with E-state index in [4.69, 9.17) is 4.99 Å². The number of nitrogens with one attached hydrogen (secondary N) is 2. The third-order valence-electron chi connectivity index (χ3n) is 6.29. The molecule has 0 bridgehead atoms. The van der Waals surface area contributed by atoms with Gasteiger partial charge in [0.25, 0.3) is 0 Å². The van der Waals surface area contributed by atoms with Crippen LogP contribution in [0.15, 0.2) is 58.3 Å². The summed E-state index contributed by atoms with van der Waals surface area (Å²) in [5, 5.41) is 7.09. The fraction of sp³-hybridized carbons (Fsp3) is 0.556. The van der Waals surface area contributed by atoms with Crippen LogP contribution in [0.4, 0.5) is 0 Å². The van der Waals surface area contributed by atoms with Crippen molar-refractivity contribution in [2.75, 3.05) is 26.2 Å². The van der Waals surface area contributed by atoms with E-state index in [2.05, 4.69) is 78.9 Å². The zero-order valence-electron chi connectivity index (χ0n) is 20.2. The van der Waals surface area contributed by atoms with Crippen molar-refractivity contribution in [1.82, 2.24) is 15.5 Å². The van der Waals surface area contributed by atoms with Crippen molar-refractivity contribution < 1.29 is 0 Å². The van der Waals surface area contributed by atoms with E-state index in [1.807, 2.05) is 6.08 Å². The zero-order chi connectivity index (χ0) is 22.9. The minimum absolute atomic E-state index is 0.397. The summed E-state index contributed by atoms with van der Waals surface area (Å²) in [6.45, 7) is 19.8. The Morgan fingerprint density at radius 2 is 1.91 bits per heavy atom. The van der Waals surface area contributed by atoms with Crippen molar-refractivity contribution in [3.8, 4) is 0 Å². The van der Waals surface area contributed by atoms with Gasteiger partial charge in [-0.1, -0.05) is 51.6 Å². The Labute approximate surface area is 194 Å². The maximum atomic E-state index is 4.74. The van der Waals surface area contributed by atoms with Crippen LogP contribution in [0.1, 0.15) is 51.2 Å². The van der Waals surface area contributed by atoms with Gasteiger partial charge in [0.05, 0.1) is 17.4 Å². The summed E-state index contributed by atoms with van der Waals surface area (Å²) < 4.78 is 0. The predicted molar refractivity (Wildman–Crippen MR) is 137 cm³/mol. The lowest BCUT2D eigenvalue weighted by Gasteiger charge is -2.31. The minimum atomic E-state index is 0.397. The Morgan fingerprint density at radius 1 is 1.16 bits per heavy atom. The number of amidine groups is 1. The Kier molecular flexibility index (Phi) is 9.10. The fourth-order valence-corrected chi connectivity index (χ4v) is 4.12. The average Bonchev–Trinajstić information content (AvgIpc) is 2.75. The molecule has 1 heterocycles. The van der Waals surface area contributed by atoms with Gasteiger partial charge in [0.15, 0.2) is 0 Å². The van der Waals surface area contributed by atoms with Crippen LogP contribution in [-0.2, 0) is 13.0 Å². The second-order valence-electron chi connectivity index (χ2n) is 9.78. The molecule has 5 nitrogen and oxygen atoms in total. The fourth-order valence-electron chi connectivity index (χ4n) is 4.12. The first-order valence-electron chi connectivity index (χ1n) is 12.2. The SMILES string of the molecule is C=NC(C=C(NCC(C)C)C(=C)NCC(C)CN1CCc2ccccc2C1)=NC1CCC1. The van der Waals surface area contributed by atoms with Crippen molar-refractivity contribution in [2.24, 2.45) is 21.8 Å². The third kappa shape index (κ3) is 7.33. The Balaban J connectivity index is 1.54. The van der Waals surface area contributed by atoms with E-state index in [1.54, 1.807) is 0 Å². The van der Waals surface area contributed by atoms with Gasteiger partial charge in [-0.25, -0.2) is 4.99 Å². The number of nitrogens with zero attached hydrogens (tertiary/aromatic N) is 3. The standard InChI is InChI=1S/C27H41N5/c1-20(2)16-30-26(15-27(28-5)31-25-11-8-12-25)22(4)29-17-21(3)18-32-14-13-23-9-6-7-10-24(23)19-32/h6-7,9-10,15,20-21,25,29-30H,4-5,8,11-14,16-19H2,1-3H3. The molecule has 1 unspecified atom stereocenters. The molecule has 1 aromatic rings. The van der Waals surface area contributed by atoms with Crippen molar-refractivity contribution >= 4 is 12.6 Å². The molecule has 1 saturated carbocycles. The molecule has 1 aliphatic heterocycles. The first-order chi connectivity index (χ1) is 15.4. The van der Waals surface area contributed by atoms with E-state index in [9.17, 15) is 0 Å². The maximum absolute atomic E-state index is 4.74. The van der Waals surface area contributed by atoms with Crippen LogP contribution >= 0.6 is 0 Å². The molecule has 0 radical (unpaired) electrons. The first kappa shape index (κ1) is 24.2. The van der Waals surface area contributed by atoms with E-state index < -0.39 is 0 Å². The summed E-state index contributed by atoms with van der Waals surface area (Å²) in [6.07, 6.45) is 6.70. The van der Waals surface area contributed by atoms with Crippen LogP contribution in [-0.4, -0.2) is 49.7 Å². The van der Waals surface area contributed by atoms with E-state index in [1.165, 1.54) is 17.5 Å². The molecule has 0 aromatic heterocycles. The lowest BCUT2D eigenvalue weighted by Crippen LogP contribution is -2.37. The van der Waals surface area contributed by atoms with Gasteiger partial charge in [0.1, 0.15) is 5.84 Å². The largest absolute Gasteiger partial charge is 0.384 e. The topological polar surface area (TPSA) is 52.0 Å². The third-order valence-corrected chi connectivity index (χ3v) is 6.29. The van der Waals surface area contributed by atoms with Crippen LogP contribution in [0, 0.1) is 11.8 Å². The highest BCUT2D eigenvalue weighted by molar-refractivity contribution is 5.97. The molecule has 5 heteroatoms. The lowest BCUT2D eigenvalue weighted by atomic mass is 9.94. The summed E-state index contributed by atoms with van der Waals surface area (Å²) in [4.78, 5) is 11.5. The Morgan fingerprint density at radius 3 is 2.56 bits per heavy atom. The Hall–Kier alpha value is -2.40. The monoisotopic (exact) mass is 435 g/mol. The van der Waals surface area contributed by atoms with Crippen molar-refractivity contribution in [1.29, 1.82) is 0 Å². The van der Waals surface area contributed by atoms with Crippen molar-refractivity contribution in [3.63, 3.8) is 0 Å². The molecule has 0 saturated heterocycles. The van der Waals surface area contributed by atoms with Crippen LogP contribution in [0.25, 0.3) is 0 Å². The highest BCUT2D eigenvalue weighted by atomic mass is 15.1. The average molecular weight is 436 g/mol. The summed E-state index contributed by atoms with van der Waals surface area (Å²) in [7, 11) is 0. The second-order valence-corrected chi connectivity index (χ2v) is 9.78. The van der Waals surface area contributed by atoms with Gasteiger partial charge in [-0.2, -0.15) is 0 Å². The van der Waals surface area contributed by atoms with Gasteiger partial charge in [0.2, 0.25) is 0 Å². The summed E-state index contributed by atoms with van der Waals surface area (Å²) in [5.74, 6) is 1.75. The molecule has 2 aliphatic rings. The van der Waals surface area contributed by atoms with Gasteiger partial charge in [0, 0.05) is 38.8 Å². The molecule has 1 aromatic carbocycles. The summed E-state index contributed by atoms with van der Waals surface area (Å²) >= 11 is 0. The smallest absolute Gasteiger partial charge is 0.148 e. The molecule has 0 amide bonds. The molecular weight excluding hydrogens is 394 g/mol. The van der Waals surface area contributed by atoms with E-state index in [0.29, 0.717) is 23.7 Å². The maximum Gasteiger partial charge on any atom is 0.148 e. The molecule has 32 heavy (non-hydrogen) atoms. The minimum Gasteiger partial charge on any atom is -0.384 e. The highest BCUT2D eigenvalue weighted by Gasteiger charge is 2.19. The summed E-state index contributed by atoms with van der Waals surface area (Å²) in [6, 6.07) is 9.22. The number of fused-ring (bicyclic) bond motifs is 1. The lowest BCUT2D eigenvalue weighted by molar-refractivity contribution is 0.219. The second kappa shape index (κ2) is 12.0. The quantitative estimate of drug-likeness (QED) is 0.304. The number of hydrogen-bond donors (Lipinski definition) is 2. The van der Waals surface area contributed by atoms with E-state index in [0.717, 1.165) is 63.4 Å². The number of rotatable bonds is 11. The van der Waals surface area contributed by atoms with Crippen LogP contribution in [0.3, 0.4) is 0 Å². The van der Waals surface area contributed by atoms with Crippen LogP contribution < -0.4 is 10.6 Å². The number of hydrogen-bond acceptors (Lipinski definition) is 4. The molecule has 1 aliphatic carbocycles. The molecule has 1 fully saturated rings. The van der Waals surface area contributed by atoms with E-state index >= 15 is 0 Å². The predicted octanol–water partition coefficient (Wildman–Crippen LogP) is 4.57. The van der Waals surface area contributed by atoms with Gasteiger partial charge in [-0.05, 0) is 55.4 Å². The molecule has 0 spiro atoms. The van der Waals surface area contributed by atoms with Gasteiger partial charge < -0.3 is 10.6 Å². The van der Waals surface area contributed by atoms with Crippen molar-refractivity contribution in [3.05, 3.63) is 59.4 Å². The van der Waals surface area contributed by atoms with Crippen LogP contribution in [0.5, 0.6) is 0 Å². The normalized spacial score (nSPS) is 18.6. The molecule has 1 atom stereocenters. The molecule has 174 valence electrons. The number of benzene rings is 1. The molecular formula is C27H41N5. The van der Waals surface area contributed by atoms with Gasteiger partial charge in [-0.15, -0.1) is 0 Å². The molecule has 2 N–H and O–H groups in total. The van der Waals surface area contributed by atoms with Gasteiger partial charge >= 0.3 is 0 Å². The summed E-state index contributed by atoms with van der Waals surface area (Å²) in [5.41, 5.74) is 4.83. The number of aliphatic imine (C=N–C) groups is 2. The van der Waals surface area contributed by atoms with Crippen molar-refractivity contribution in [2.45, 2.75) is 59.0 Å². The van der Waals surface area contributed by atoms with Gasteiger partial charge in [-0.3, -0.25) is 9.89 Å². The van der Waals surface area contributed by atoms with Crippen LogP contribution in [0.2, 0.25) is 0 Å².